The van der Waals surface area contributed by atoms with E-state index in [0.717, 1.165) is 17.1 Å². The largest absolute Gasteiger partial charge is 0.322 e. The molecule has 1 amide bonds. The molecule has 0 saturated carbocycles. The van der Waals surface area contributed by atoms with Gasteiger partial charge in [0.05, 0.1) is 4.90 Å². The summed E-state index contributed by atoms with van der Waals surface area (Å²) in [4.78, 5) is 12.4. The number of amides is 1. The predicted octanol–water partition coefficient (Wildman–Crippen LogP) is 3.14. The first-order valence-corrected chi connectivity index (χ1v) is 9.21. The van der Waals surface area contributed by atoms with Gasteiger partial charge in [0, 0.05) is 25.3 Å². The fourth-order valence-electron chi connectivity index (χ4n) is 2.24. The first-order chi connectivity index (χ1) is 11.3. The van der Waals surface area contributed by atoms with Gasteiger partial charge in [-0.3, -0.25) is 4.79 Å². The molecule has 0 aliphatic carbocycles. The van der Waals surface area contributed by atoms with E-state index in [1.165, 1.54) is 31.8 Å². The lowest BCUT2D eigenvalue weighted by Crippen LogP contribution is -2.22. The van der Waals surface area contributed by atoms with Gasteiger partial charge in [0.1, 0.15) is 0 Å². The van der Waals surface area contributed by atoms with Crippen molar-refractivity contribution in [3.05, 3.63) is 59.7 Å². The number of hydrogen-bond donors (Lipinski definition) is 1. The molecule has 6 heteroatoms. The van der Waals surface area contributed by atoms with E-state index in [2.05, 4.69) is 12.2 Å². The molecule has 0 aromatic heterocycles. The number of benzene rings is 2. The van der Waals surface area contributed by atoms with Gasteiger partial charge in [-0.05, 0) is 48.4 Å². The quantitative estimate of drug-likeness (QED) is 0.874. The third-order valence-corrected chi connectivity index (χ3v) is 5.47. The van der Waals surface area contributed by atoms with Gasteiger partial charge in [-0.1, -0.05) is 25.5 Å². The molecule has 2 aromatic rings. The van der Waals surface area contributed by atoms with E-state index < -0.39 is 10.0 Å². The van der Waals surface area contributed by atoms with E-state index in [-0.39, 0.29) is 10.8 Å². The Labute approximate surface area is 143 Å². The summed E-state index contributed by atoms with van der Waals surface area (Å²) in [7, 11) is -0.505. The molecule has 0 radical (unpaired) electrons. The van der Waals surface area contributed by atoms with E-state index in [9.17, 15) is 13.2 Å². The van der Waals surface area contributed by atoms with Crippen molar-refractivity contribution in [3.8, 4) is 0 Å². The molecule has 2 rings (SSSR count). The van der Waals surface area contributed by atoms with Gasteiger partial charge in [-0.25, -0.2) is 12.7 Å². The summed E-state index contributed by atoms with van der Waals surface area (Å²) in [5.74, 6) is -0.221. The van der Waals surface area contributed by atoms with Crippen LogP contribution < -0.4 is 5.32 Å². The fourth-order valence-corrected chi connectivity index (χ4v) is 3.14. The highest BCUT2D eigenvalue weighted by Crippen LogP contribution is 2.17. The molecule has 128 valence electrons. The molecule has 0 aliphatic heterocycles. The Hall–Kier alpha value is -2.18. The highest BCUT2D eigenvalue weighted by atomic mass is 32.2. The number of sulfonamides is 1. The summed E-state index contributed by atoms with van der Waals surface area (Å²) >= 11 is 0. The van der Waals surface area contributed by atoms with Gasteiger partial charge < -0.3 is 5.32 Å². The molecule has 0 aliphatic rings. The molecule has 0 unspecified atom stereocenters. The molecular formula is C18H22N2O3S. The minimum atomic E-state index is -3.46. The zero-order valence-corrected chi connectivity index (χ0v) is 14.9. The molecular weight excluding hydrogens is 324 g/mol. The Morgan fingerprint density at radius 3 is 2.08 bits per heavy atom. The summed E-state index contributed by atoms with van der Waals surface area (Å²) < 4.78 is 25.2. The van der Waals surface area contributed by atoms with Gasteiger partial charge in [0.15, 0.2) is 0 Å². The number of nitrogens with zero attached hydrogens (tertiary/aromatic N) is 1. The van der Waals surface area contributed by atoms with Crippen LogP contribution >= 0.6 is 0 Å². The standard InChI is InChI=1S/C18H22N2O3S/c1-4-5-14-6-8-15(9-7-14)18(21)19-16-10-12-17(13-11-16)24(22,23)20(2)3/h6-13H,4-5H2,1-3H3,(H,19,21). The number of hydrogen-bond acceptors (Lipinski definition) is 3. The molecule has 0 atom stereocenters. The van der Waals surface area contributed by atoms with Crippen LogP contribution in [0.3, 0.4) is 0 Å². The lowest BCUT2D eigenvalue weighted by atomic mass is 10.1. The van der Waals surface area contributed by atoms with Crippen molar-refractivity contribution in [1.29, 1.82) is 0 Å². The Kier molecular flexibility index (Phi) is 5.75. The maximum atomic E-state index is 12.2. The van der Waals surface area contributed by atoms with E-state index in [4.69, 9.17) is 0 Å². The van der Waals surface area contributed by atoms with E-state index in [0.29, 0.717) is 11.3 Å². The van der Waals surface area contributed by atoms with Crippen molar-refractivity contribution in [1.82, 2.24) is 4.31 Å². The lowest BCUT2D eigenvalue weighted by molar-refractivity contribution is 0.102. The first-order valence-electron chi connectivity index (χ1n) is 7.77. The van der Waals surface area contributed by atoms with Crippen molar-refractivity contribution in [3.63, 3.8) is 0 Å². The average molecular weight is 346 g/mol. The second-order valence-corrected chi connectivity index (χ2v) is 7.86. The summed E-state index contributed by atoms with van der Waals surface area (Å²) in [6, 6.07) is 13.6. The molecule has 0 spiro atoms. The first kappa shape index (κ1) is 18.2. The van der Waals surface area contributed by atoms with Gasteiger partial charge in [-0.2, -0.15) is 0 Å². The molecule has 5 nitrogen and oxygen atoms in total. The Bertz CT molecular complexity index is 795. The molecule has 1 N–H and O–H groups in total. The van der Waals surface area contributed by atoms with Crippen LogP contribution in [0.15, 0.2) is 53.4 Å². The second kappa shape index (κ2) is 7.59. The molecule has 0 saturated heterocycles. The van der Waals surface area contributed by atoms with Gasteiger partial charge in [-0.15, -0.1) is 0 Å². The van der Waals surface area contributed by atoms with Crippen molar-refractivity contribution in [2.24, 2.45) is 0 Å². The highest BCUT2D eigenvalue weighted by Gasteiger charge is 2.16. The monoisotopic (exact) mass is 346 g/mol. The van der Waals surface area contributed by atoms with E-state index in [1.807, 2.05) is 12.1 Å². The van der Waals surface area contributed by atoms with Crippen LogP contribution in [-0.2, 0) is 16.4 Å². The van der Waals surface area contributed by atoms with Crippen LogP contribution in [0.2, 0.25) is 0 Å². The van der Waals surface area contributed by atoms with Crippen molar-refractivity contribution >= 4 is 21.6 Å². The second-order valence-electron chi connectivity index (χ2n) is 5.71. The summed E-state index contributed by atoms with van der Waals surface area (Å²) in [6.07, 6.45) is 2.05. The number of nitrogens with one attached hydrogen (secondary N) is 1. The summed E-state index contributed by atoms with van der Waals surface area (Å²) in [6.45, 7) is 2.11. The van der Waals surface area contributed by atoms with Crippen LogP contribution in [-0.4, -0.2) is 32.7 Å². The van der Waals surface area contributed by atoms with Crippen LogP contribution in [0.1, 0.15) is 29.3 Å². The van der Waals surface area contributed by atoms with Gasteiger partial charge in [0.25, 0.3) is 5.91 Å². The number of carbonyl (C=O) groups is 1. The maximum Gasteiger partial charge on any atom is 0.255 e. The van der Waals surface area contributed by atoms with Crippen molar-refractivity contribution < 1.29 is 13.2 Å². The number of aryl methyl sites for hydroxylation is 1. The van der Waals surface area contributed by atoms with Crippen LogP contribution in [0.5, 0.6) is 0 Å². The smallest absolute Gasteiger partial charge is 0.255 e. The number of rotatable bonds is 6. The van der Waals surface area contributed by atoms with E-state index >= 15 is 0 Å². The third-order valence-electron chi connectivity index (χ3n) is 3.65. The minimum absolute atomic E-state index is 0.189. The molecule has 2 aromatic carbocycles. The Morgan fingerprint density at radius 1 is 1.00 bits per heavy atom. The van der Waals surface area contributed by atoms with E-state index in [1.54, 1.807) is 24.3 Å². The van der Waals surface area contributed by atoms with Crippen LogP contribution in [0.4, 0.5) is 5.69 Å². The number of anilines is 1. The van der Waals surface area contributed by atoms with Crippen LogP contribution in [0.25, 0.3) is 0 Å². The van der Waals surface area contributed by atoms with Gasteiger partial charge >= 0.3 is 0 Å². The summed E-state index contributed by atoms with van der Waals surface area (Å²) in [5, 5.41) is 2.77. The summed E-state index contributed by atoms with van der Waals surface area (Å²) in [5.41, 5.74) is 2.32. The fraction of sp³-hybridized carbons (Fsp3) is 0.278. The molecule has 0 heterocycles. The topological polar surface area (TPSA) is 66.5 Å². The highest BCUT2D eigenvalue weighted by molar-refractivity contribution is 7.89. The average Bonchev–Trinajstić information content (AvgIpc) is 2.56. The normalized spacial score (nSPS) is 11.5. The van der Waals surface area contributed by atoms with Crippen molar-refractivity contribution in [2.45, 2.75) is 24.7 Å². The Balaban J connectivity index is 2.09. The third kappa shape index (κ3) is 4.21. The molecule has 0 fully saturated rings. The lowest BCUT2D eigenvalue weighted by Gasteiger charge is -2.12. The van der Waals surface area contributed by atoms with Crippen molar-refractivity contribution in [2.75, 3.05) is 19.4 Å². The zero-order valence-electron chi connectivity index (χ0n) is 14.1. The van der Waals surface area contributed by atoms with Gasteiger partial charge in [0.2, 0.25) is 10.0 Å². The molecule has 0 bridgehead atoms. The maximum absolute atomic E-state index is 12.2. The zero-order chi connectivity index (χ0) is 17.7. The number of carbonyl (C=O) groups excluding carboxylic acids is 1. The Morgan fingerprint density at radius 2 is 1.58 bits per heavy atom. The molecule has 24 heavy (non-hydrogen) atoms. The minimum Gasteiger partial charge on any atom is -0.322 e. The van der Waals surface area contributed by atoms with Crippen LogP contribution in [0, 0.1) is 0 Å². The SMILES string of the molecule is CCCc1ccc(C(=O)Nc2ccc(S(=O)(=O)N(C)C)cc2)cc1. The predicted molar refractivity (Wildman–Crippen MR) is 95.7 cm³/mol.